The molecule has 28 heavy (non-hydrogen) atoms. The molecule has 148 valence electrons. The summed E-state index contributed by atoms with van der Waals surface area (Å²) in [6, 6.07) is 11.4. The molecular weight excluding hydrogens is 394 g/mol. The van der Waals surface area contributed by atoms with Crippen molar-refractivity contribution >= 4 is 44.2 Å². The Morgan fingerprint density at radius 1 is 1.14 bits per heavy atom. The third kappa shape index (κ3) is 4.63. The summed E-state index contributed by atoms with van der Waals surface area (Å²) < 4.78 is 6.22. The van der Waals surface area contributed by atoms with E-state index in [0.717, 1.165) is 33.6 Å². The summed E-state index contributed by atoms with van der Waals surface area (Å²) in [4.78, 5) is 21.7. The lowest BCUT2D eigenvalue weighted by molar-refractivity contribution is -0.118. The second-order valence-electron chi connectivity index (χ2n) is 6.89. The quantitative estimate of drug-likeness (QED) is 0.571. The number of benzene rings is 2. The van der Waals surface area contributed by atoms with Gasteiger partial charge in [-0.15, -0.1) is 0 Å². The van der Waals surface area contributed by atoms with Gasteiger partial charge in [-0.3, -0.25) is 9.69 Å². The van der Waals surface area contributed by atoms with Crippen LogP contribution in [0.5, 0.6) is 5.75 Å². The van der Waals surface area contributed by atoms with Crippen LogP contribution in [0.1, 0.15) is 11.1 Å². The Morgan fingerprint density at radius 2 is 1.86 bits per heavy atom. The number of thiazole rings is 1. The van der Waals surface area contributed by atoms with Crippen molar-refractivity contribution in [3.8, 4) is 5.75 Å². The first-order chi connectivity index (χ1) is 13.4. The summed E-state index contributed by atoms with van der Waals surface area (Å²) in [5.41, 5.74) is 2.75. The van der Waals surface area contributed by atoms with Crippen LogP contribution in [0.2, 0.25) is 5.02 Å². The zero-order chi connectivity index (χ0) is 20.3. The van der Waals surface area contributed by atoms with Crippen molar-refractivity contribution in [3.05, 3.63) is 52.5 Å². The number of ether oxygens (including phenoxy) is 1. The van der Waals surface area contributed by atoms with Crippen LogP contribution in [0, 0.1) is 6.92 Å². The van der Waals surface area contributed by atoms with E-state index in [0.29, 0.717) is 23.1 Å². The Hall–Kier alpha value is -2.15. The van der Waals surface area contributed by atoms with Crippen molar-refractivity contribution in [3.63, 3.8) is 0 Å². The zero-order valence-electron chi connectivity index (χ0n) is 16.5. The molecule has 0 bridgehead atoms. The van der Waals surface area contributed by atoms with Crippen molar-refractivity contribution < 1.29 is 9.53 Å². The Bertz CT molecular complexity index is 970. The molecule has 3 aromatic rings. The second kappa shape index (κ2) is 8.90. The summed E-state index contributed by atoms with van der Waals surface area (Å²) in [5, 5.41) is 1.40. The van der Waals surface area contributed by atoms with E-state index in [9.17, 15) is 4.79 Å². The van der Waals surface area contributed by atoms with E-state index in [1.165, 1.54) is 11.3 Å². The SMILES string of the molecule is COc1ccc(CC(=O)N(CCN(C)C)c2nc3c(C)c(Cl)ccc3s2)cc1. The number of hydrogen-bond acceptors (Lipinski definition) is 5. The fourth-order valence-electron chi connectivity index (χ4n) is 2.84. The number of amides is 1. The molecule has 1 amide bonds. The summed E-state index contributed by atoms with van der Waals surface area (Å²) in [7, 11) is 5.62. The normalized spacial score (nSPS) is 11.2. The number of hydrogen-bond donors (Lipinski definition) is 0. The minimum Gasteiger partial charge on any atom is -0.497 e. The lowest BCUT2D eigenvalue weighted by atomic mass is 10.1. The molecule has 3 rings (SSSR count). The van der Waals surface area contributed by atoms with Gasteiger partial charge in [0.15, 0.2) is 5.13 Å². The molecule has 0 N–H and O–H groups in total. The number of halogens is 1. The molecule has 0 unspecified atom stereocenters. The molecule has 2 aromatic carbocycles. The van der Waals surface area contributed by atoms with Gasteiger partial charge in [0, 0.05) is 18.1 Å². The maximum atomic E-state index is 13.1. The molecule has 0 aliphatic heterocycles. The highest BCUT2D eigenvalue weighted by Crippen LogP contribution is 2.33. The maximum absolute atomic E-state index is 13.1. The third-order valence-corrected chi connectivity index (χ3v) is 6.01. The van der Waals surface area contributed by atoms with Crippen LogP contribution >= 0.6 is 22.9 Å². The number of rotatable bonds is 7. The molecule has 0 saturated carbocycles. The smallest absolute Gasteiger partial charge is 0.233 e. The molecule has 0 spiro atoms. The van der Waals surface area contributed by atoms with Gasteiger partial charge in [-0.05, 0) is 56.4 Å². The van der Waals surface area contributed by atoms with Gasteiger partial charge in [-0.1, -0.05) is 35.1 Å². The van der Waals surface area contributed by atoms with Crippen LogP contribution in [-0.2, 0) is 11.2 Å². The lowest BCUT2D eigenvalue weighted by Crippen LogP contribution is -2.37. The number of methoxy groups -OCH3 is 1. The Balaban J connectivity index is 1.89. The number of nitrogens with zero attached hydrogens (tertiary/aromatic N) is 3. The highest BCUT2D eigenvalue weighted by atomic mass is 35.5. The largest absolute Gasteiger partial charge is 0.497 e. The average molecular weight is 418 g/mol. The van der Waals surface area contributed by atoms with Crippen LogP contribution in [0.25, 0.3) is 10.2 Å². The molecule has 5 nitrogen and oxygen atoms in total. The van der Waals surface area contributed by atoms with E-state index in [4.69, 9.17) is 21.3 Å². The molecule has 0 radical (unpaired) electrons. The molecule has 7 heteroatoms. The molecular formula is C21H24ClN3O2S. The second-order valence-corrected chi connectivity index (χ2v) is 8.31. The van der Waals surface area contributed by atoms with Gasteiger partial charge in [-0.25, -0.2) is 4.98 Å². The number of likely N-dealkylation sites (N-methyl/N-ethyl adjacent to an activating group) is 1. The average Bonchev–Trinajstić information content (AvgIpc) is 3.10. The Labute approximate surface area is 174 Å². The van der Waals surface area contributed by atoms with Crippen molar-refractivity contribution in [2.45, 2.75) is 13.3 Å². The third-order valence-electron chi connectivity index (χ3n) is 4.55. The maximum Gasteiger partial charge on any atom is 0.233 e. The topological polar surface area (TPSA) is 45.7 Å². The standard InChI is InChI=1S/C21H24ClN3O2S/c1-14-17(22)9-10-18-20(14)23-21(28-18)25(12-11-24(2)3)19(26)13-15-5-7-16(27-4)8-6-15/h5-10H,11-13H2,1-4H3. The summed E-state index contributed by atoms with van der Waals surface area (Å²) in [5.74, 6) is 0.800. The van der Waals surface area contributed by atoms with Crippen molar-refractivity contribution in [1.29, 1.82) is 0 Å². The molecule has 0 atom stereocenters. The number of carbonyl (C=O) groups is 1. The molecule has 0 saturated heterocycles. The highest BCUT2D eigenvalue weighted by Gasteiger charge is 2.21. The summed E-state index contributed by atoms with van der Waals surface area (Å²) in [6.07, 6.45) is 0.313. The fraction of sp³-hybridized carbons (Fsp3) is 0.333. The lowest BCUT2D eigenvalue weighted by Gasteiger charge is -2.22. The van der Waals surface area contributed by atoms with Gasteiger partial charge >= 0.3 is 0 Å². The van der Waals surface area contributed by atoms with E-state index in [-0.39, 0.29) is 5.91 Å². The minimum atomic E-state index is 0.0230. The van der Waals surface area contributed by atoms with Gasteiger partial charge < -0.3 is 9.64 Å². The van der Waals surface area contributed by atoms with E-state index < -0.39 is 0 Å². The van der Waals surface area contributed by atoms with Crippen molar-refractivity contribution in [1.82, 2.24) is 9.88 Å². The van der Waals surface area contributed by atoms with Gasteiger partial charge in [-0.2, -0.15) is 0 Å². The predicted molar refractivity (Wildman–Crippen MR) is 117 cm³/mol. The number of anilines is 1. The number of carbonyl (C=O) groups excluding carboxylic acids is 1. The summed E-state index contributed by atoms with van der Waals surface area (Å²) >= 11 is 7.76. The summed E-state index contributed by atoms with van der Waals surface area (Å²) in [6.45, 7) is 3.29. The van der Waals surface area contributed by atoms with Gasteiger partial charge in [0.25, 0.3) is 0 Å². The van der Waals surface area contributed by atoms with Crippen LogP contribution in [0.3, 0.4) is 0 Å². The Morgan fingerprint density at radius 3 is 2.50 bits per heavy atom. The number of aromatic nitrogens is 1. The van der Waals surface area contributed by atoms with Crippen molar-refractivity contribution in [2.75, 3.05) is 39.2 Å². The van der Waals surface area contributed by atoms with Gasteiger partial charge in [0.1, 0.15) is 5.75 Å². The van der Waals surface area contributed by atoms with Crippen molar-refractivity contribution in [2.24, 2.45) is 0 Å². The molecule has 0 aliphatic carbocycles. The van der Waals surface area contributed by atoms with E-state index >= 15 is 0 Å². The van der Waals surface area contributed by atoms with Gasteiger partial charge in [0.05, 0.1) is 23.7 Å². The number of fused-ring (bicyclic) bond motifs is 1. The first-order valence-corrected chi connectivity index (χ1v) is 10.2. The van der Waals surface area contributed by atoms with E-state index in [1.54, 1.807) is 12.0 Å². The molecule has 1 aromatic heterocycles. The predicted octanol–water partition coefficient (Wildman–Crippen LogP) is 4.40. The highest BCUT2D eigenvalue weighted by molar-refractivity contribution is 7.22. The number of aryl methyl sites for hydroxylation is 1. The van der Waals surface area contributed by atoms with Crippen LogP contribution in [0.4, 0.5) is 5.13 Å². The van der Waals surface area contributed by atoms with Gasteiger partial charge in [0.2, 0.25) is 5.91 Å². The first-order valence-electron chi connectivity index (χ1n) is 9.02. The van der Waals surface area contributed by atoms with Crippen LogP contribution < -0.4 is 9.64 Å². The van der Waals surface area contributed by atoms with E-state index in [2.05, 4.69) is 4.90 Å². The first kappa shape index (κ1) is 20.6. The minimum absolute atomic E-state index is 0.0230. The molecule has 1 heterocycles. The Kier molecular flexibility index (Phi) is 6.54. The monoisotopic (exact) mass is 417 g/mol. The van der Waals surface area contributed by atoms with E-state index in [1.807, 2.05) is 57.4 Å². The fourth-order valence-corrected chi connectivity index (χ4v) is 4.07. The van der Waals surface area contributed by atoms with Crippen LogP contribution in [-0.4, -0.2) is 50.1 Å². The molecule has 0 fully saturated rings. The zero-order valence-corrected chi connectivity index (χ0v) is 18.1. The molecule has 0 aliphatic rings. The van der Waals surface area contributed by atoms with Crippen LogP contribution in [0.15, 0.2) is 36.4 Å².